The third kappa shape index (κ3) is 4.51. The molecule has 5 nitrogen and oxygen atoms in total. The van der Waals surface area contributed by atoms with Crippen molar-refractivity contribution in [1.82, 2.24) is 15.2 Å². The summed E-state index contributed by atoms with van der Waals surface area (Å²) >= 11 is 5.88. The van der Waals surface area contributed by atoms with Crippen molar-refractivity contribution >= 4 is 23.3 Å². The summed E-state index contributed by atoms with van der Waals surface area (Å²) in [6, 6.07) is 9.95. The Hall–Kier alpha value is -2.18. The fourth-order valence-electron chi connectivity index (χ4n) is 3.03. The van der Waals surface area contributed by atoms with Crippen LogP contribution >= 0.6 is 11.6 Å². The second kappa shape index (κ2) is 8.47. The molecule has 0 saturated carbocycles. The first-order chi connectivity index (χ1) is 12.5. The first-order valence-corrected chi connectivity index (χ1v) is 9.04. The smallest absolute Gasteiger partial charge is 0.237 e. The fourth-order valence-corrected chi connectivity index (χ4v) is 3.14. The highest BCUT2D eigenvalue weighted by molar-refractivity contribution is 6.30. The highest BCUT2D eigenvalue weighted by Crippen LogP contribution is 2.17. The quantitative estimate of drug-likeness (QED) is 0.871. The molecule has 1 aliphatic rings. The molecule has 1 aromatic heterocycles. The van der Waals surface area contributed by atoms with E-state index in [-0.39, 0.29) is 24.3 Å². The first-order valence-electron chi connectivity index (χ1n) is 8.66. The van der Waals surface area contributed by atoms with Crippen LogP contribution in [0.3, 0.4) is 0 Å². The van der Waals surface area contributed by atoms with E-state index in [2.05, 4.69) is 20.1 Å². The summed E-state index contributed by atoms with van der Waals surface area (Å²) in [5, 5.41) is 3.44. The minimum atomic E-state index is -0.301. The molecule has 3 rings (SSSR count). The van der Waals surface area contributed by atoms with Gasteiger partial charge < -0.3 is 10.2 Å². The Bertz CT molecular complexity index is 747. The number of hydrogen-bond donors (Lipinski definition) is 1. The summed E-state index contributed by atoms with van der Waals surface area (Å²) in [4.78, 5) is 21.0. The van der Waals surface area contributed by atoms with Gasteiger partial charge in [0, 0.05) is 44.5 Å². The van der Waals surface area contributed by atoms with Crippen LogP contribution in [0, 0.1) is 5.82 Å². The maximum atomic E-state index is 13.6. The number of rotatable bonds is 5. The molecule has 7 heteroatoms. The average molecular weight is 377 g/mol. The van der Waals surface area contributed by atoms with Crippen LogP contribution < -0.4 is 10.2 Å². The van der Waals surface area contributed by atoms with Crippen LogP contribution in [0.4, 0.5) is 10.2 Å². The fraction of sp³-hybridized carbons (Fsp3) is 0.368. The van der Waals surface area contributed by atoms with E-state index in [0.717, 1.165) is 32.0 Å². The summed E-state index contributed by atoms with van der Waals surface area (Å²) in [5.74, 6) is 0.501. The molecule has 1 unspecified atom stereocenters. The molecule has 2 aromatic rings. The lowest BCUT2D eigenvalue weighted by Gasteiger charge is -2.38. The summed E-state index contributed by atoms with van der Waals surface area (Å²) < 4.78 is 13.6. The molecule has 1 fully saturated rings. The Kier molecular flexibility index (Phi) is 6.06. The van der Waals surface area contributed by atoms with Crippen molar-refractivity contribution in [1.29, 1.82) is 0 Å². The molecule has 0 bridgehead atoms. The van der Waals surface area contributed by atoms with Gasteiger partial charge in [-0.1, -0.05) is 29.8 Å². The number of aromatic nitrogens is 1. The van der Waals surface area contributed by atoms with Crippen LogP contribution in [-0.4, -0.2) is 48.0 Å². The van der Waals surface area contributed by atoms with Crippen molar-refractivity contribution in [3.8, 4) is 0 Å². The molecule has 2 heterocycles. The maximum Gasteiger partial charge on any atom is 0.237 e. The zero-order valence-electron chi connectivity index (χ0n) is 14.7. The van der Waals surface area contributed by atoms with Crippen molar-refractivity contribution in [3.63, 3.8) is 0 Å². The van der Waals surface area contributed by atoms with E-state index in [1.165, 1.54) is 6.07 Å². The average Bonchev–Trinajstić information content (AvgIpc) is 2.67. The summed E-state index contributed by atoms with van der Waals surface area (Å²) in [6.45, 7) is 5.19. The number of anilines is 1. The Morgan fingerprint density at radius 3 is 2.62 bits per heavy atom. The molecule has 1 aliphatic heterocycles. The third-order valence-electron chi connectivity index (χ3n) is 4.69. The van der Waals surface area contributed by atoms with Gasteiger partial charge in [0.05, 0.1) is 11.1 Å². The Morgan fingerprint density at radius 1 is 1.23 bits per heavy atom. The largest absolute Gasteiger partial charge is 0.354 e. The number of amides is 1. The van der Waals surface area contributed by atoms with E-state index >= 15 is 0 Å². The number of piperazine rings is 1. The maximum absolute atomic E-state index is 13.6. The SMILES string of the molecule is CC(C(=O)NCc1ccccc1F)N1CCN(c2ccc(Cl)cn2)CC1. The number of carbonyl (C=O) groups excluding carboxylic acids is 1. The van der Waals surface area contributed by atoms with Crippen molar-refractivity contribution in [3.05, 3.63) is 59.0 Å². The Balaban J connectivity index is 1.49. The lowest BCUT2D eigenvalue weighted by Crippen LogP contribution is -2.54. The summed E-state index contributed by atoms with van der Waals surface area (Å²) in [7, 11) is 0. The number of nitrogens with one attached hydrogen (secondary N) is 1. The zero-order valence-corrected chi connectivity index (χ0v) is 15.4. The van der Waals surface area contributed by atoms with Gasteiger partial charge >= 0.3 is 0 Å². The molecular weight excluding hydrogens is 355 g/mol. The van der Waals surface area contributed by atoms with Crippen LogP contribution in [0.1, 0.15) is 12.5 Å². The van der Waals surface area contributed by atoms with Crippen molar-refractivity contribution < 1.29 is 9.18 Å². The molecule has 138 valence electrons. The molecular formula is C19H22ClFN4O. The monoisotopic (exact) mass is 376 g/mol. The minimum absolute atomic E-state index is 0.0914. The van der Waals surface area contributed by atoms with Gasteiger partial charge in [-0.05, 0) is 25.1 Å². The number of benzene rings is 1. The van der Waals surface area contributed by atoms with Gasteiger partial charge in [0.1, 0.15) is 11.6 Å². The highest BCUT2D eigenvalue weighted by atomic mass is 35.5. The molecule has 1 N–H and O–H groups in total. The van der Waals surface area contributed by atoms with E-state index < -0.39 is 0 Å². The Labute approximate surface area is 157 Å². The number of carbonyl (C=O) groups is 1. The summed E-state index contributed by atoms with van der Waals surface area (Å²) in [6.07, 6.45) is 1.64. The van der Waals surface area contributed by atoms with Crippen molar-refractivity contribution in [2.24, 2.45) is 0 Å². The number of pyridine rings is 1. The highest BCUT2D eigenvalue weighted by Gasteiger charge is 2.26. The molecule has 0 spiro atoms. The van der Waals surface area contributed by atoms with E-state index in [1.54, 1.807) is 24.4 Å². The van der Waals surface area contributed by atoms with Gasteiger partial charge in [-0.15, -0.1) is 0 Å². The summed E-state index contributed by atoms with van der Waals surface area (Å²) in [5.41, 5.74) is 0.492. The van der Waals surface area contributed by atoms with E-state index in [0.29, 0.717) is 10.6 Å². The van der Waals surface area contributed by atoms with Gasteiger partial charge in [0.25, 0.3) is 0 Å². The van der Waals surface area contributed by atoms with Gasteiger partial charge in [0.2, 0.25) is 5.91 Å². The second-order valence-corrected chi connectivity index (χ2v) is 6.78. The number of halogens is 2. The molecule has 1 saturated heterocycles. The van der Waals surface area contributed by atoms with Crippen LogP contribution in [0.5, 0.6) is 0 Å². The number of hydrogen-bond acceptors (Lipinski definition) is 4. The molecule has 1 atom stereocenters. The van der Waals surface area contributed by atoms with Crippen LogP contribution in [0.15, 0.2) is 42.6 Å². The molecule has 1 amide bonds. The normalized spacial score (nSPS) is 16.3. The minimum Gasteiger partial charge on any atom is -0.354 e. The van der Waals surface area contributed by atoms with Crippen LogP contribution in [0.2, 0.25) is 5.02 Å². The lowest BCUT2D eigenvalue weighted by atomic mass is 10.2. The Morgan fingerprint density at radius 2 is 1.96 bits per heavy atom. The van der Waals surface area contributed by atoms with Crippen molar-refractivity contribution in [2.75, 3.05) is 31.1 Å². The predicted molar refractivity (Wildman–Crippen MR) is 101 cm³/mol. The lowest BCUT2D eigenvalue weighted by molar-refractivity contribution is -0.126. The second-order valence-electron chi connectivity index (χ2n) is 6.34. The molecule has 0 radical (unpaired) electrons. The predicted octanol–water partition coefficient (Wildman–Crippen LogP) is 2.70. The van der Waals surface area contributed by atoms with Gasteiger partial charge in [-0.2, -0.15) is 0 Å². The van der Waals surface area contributed by atoms with E-state index in [4.69, 9.17) is 11.6 Å². The zero-order chi connectivity index (χ0) is 18.5. The van der Waals surface area contributed by atoms with Crippen LogP contribution in [0.25, 0.3) is 0 Å². The molecule has 1 aromatic carbocycles. The van der Waals surface area contributed by atoms with Crippen molar-refractivity contribution in [2.45, 2.75) is 19.5 Å². The third-order valence-corrected chi connectivity index (χ3v) is 4.91. The molecule has 26 heavy (non-hydrogen) atoms. The van der Waals surface area contributed by atoms with Crippen LogP contribution in [-0.2, 0) is 11.3 Å². The molecule has 0 aliphatic carbocycles. The van der Waals surface area contributed by atoms with Gasteiger partial charge in [0.15, 0.2) is 0 Å². The van der Waals surface area contributed by atoms with Gasteiger partial charge in [-0.3, -0.25) is 9.69 Å². The standard InChI is InChI=1S/C19H22ClFN4O/c1-14(19(26)23-12-15-4-2-3-5-17(15)21)24-8-10-25(11-9-24)18-7-6-16(20)13-22-18/h2-7,13-14H,8-12H2,1H3,(H,23,26). The number of nitrogens with zero attached hydrogens (tertiary/aromatic N) is 3. The topological polar surface area (TPSA) is 48.5 Å². The van der Waals surface area contributed by atoms with E-state index in [1.807, 2.05) is 19.1 Å². The van der Waals surface area contributed by atoms with E-state index in [9.17, 15) is 9.18 Å². The first kappa shape index (κ1) is 18.6. The van der Waals surface area contributed by atoms with Gasteiger partial charge in [-0.25, -0.2) is 9.37 Å².